The summed E-state index contributed by atoms with van der Waals surface area (Å²) in [6.07, 6.45) is 2.64. The predicted molar refractivity (Wildman–Crippen MR) is 80.9 cm³/mol. The van der Waals surface area contributed by atoms with Gasteiger partial charge in [0.2, 0.25) is 5.91 Å². The van der Waals surface area contributed by atoms with E-state index in [0.717, 1.165) is 24.8 Å². The zero-order chi connectivity index (χ0) is 15.4. The monoisotopic (exact) mass is 289 g/mol. The third-order valence-corrected chi connectivity index (χ3v) is 4.31. The summed E-state index contributed by atoms with van der Waals surface area (Å²) in [5.74, 6) is -1.13. The van der Waals surface area contributed by atoms with E-state index in [1.54, 1.807) is 0 Å². The Morgan fingerprint density at radius 2 is 1.90 bits per heavy atom. The highest BCUT2D eigenvalue weighted by Crippen LogP contribution is 2.34. The first-order valence-corrected chi connectivity index (χ1v) is 7.62. The number of nitrogens with one attached hydrogen (secondary N) is 1. The Labute approximate surface area is 125 Å². The molecule has 114 valence electrons. The summed E-state index contributed by atoms with van der Waals surface area (Å²) in [5, 5.41) is 12.0. The van der Waals surface area contributed by atoms with E-state index in [2.05, 4.69) is 5.32 Å². The molecule has 2 N–H and O–H groups in total. The maximum atomic E-state index is 12.6. The minimum atomic E-state index is -0.929. The quantitative estimate of drug-likeness (QED) is 0.811. The minimum Gasteiger partial charge on any atom is -0.480 e. The number of carboxylic acid groups (broad SMARTS) is 1. The zero-order valence-corrected chi connectivity index (χ0v) is 12.6. The lowest BCUT2D eigenvalue weighted by Crippen LogP contribution is -2.45. The van der Waals surface area contributed by atoms with Crippen LogP contribution >= 0.6 is 0 Å². The Hall–Kier alpha value is -1.84. The Bertz CT molecular complexity index is 496. The fourth-order valence-electron chi connectivity index (χ4n) is 2.69. The molecule has 1 amide bonds. The molecule has 21 heavy (non-hydrogen) atoms. The van der Waals surface area contributed by atoms with Crippen LogP contribution in [-0.2, 0) is 9.59 Å². The molecule has 0 heterocycles. The molecule has 0 aromatic heterocycles. The maximum Gasteiger partial charge on any atom is 0.326 e. The summed E-state index contributed by atoms with van der Waals surface area (Å²) in [5.41, 5.74) is 0.948. The van der Waals surface area contributed by atoms with Crippen molar-refractivity contribution in [2.45, 2.75) is 45.1 Å². The molecule has 1 aliphatic carbocycles. The summed E-state index contributed by atoms with van der Waals surface area (Å²) in [7, 11) is 0. The number of amides is 1. The third-order valence-electron chi connectivity index (χ3n) is 4.31. The molecule has 0 aliphatic heterocycles. The summed E-state index contributed by atoms with van der Waals surface area (Å²) in [6.45, 7) is 4.08. The van der Waals surface area contributed by atoms with Crippen LogP contribution in [0.25, 0.3) is 0 Å². The molecule has 3 unspecified atom stereocenters. The molecule has 2 rings (SSSR count). The van der Waals surface area contributed by atoms with Crippen molar-refractivity contribution in [3.05, 3.63) is 35.9 Å². The molecular formula is C17H23NO3. The molecule has 0 spiro atoms. The van der Waals surface area contributed by atoms with Crippen molar-refractivity contribution in [1.82, 2.24) is 5.32 Å². The summed E-state index contributed by atoms with van der Waals surface area (Å²) in [6, 6.07) is 8.86. The van der Waals surface area contributed by atoms with Crippen LogP contribution in [0, 0.1) is 11.8 Å². The topological polar surface area (TPSA) is 66.4 Å². The van der Waals surface area contributed by atoms with Crippen molar-refractivity contribution in [3.63, 3.8) is 0 Å². The van der Waals surface area contributed by atoms with Crippen molar-refractivity contribution < 1.29 is 14.7 Å². The average Bonchev–Trinajstić information content (AvgIpc) is 3.30. The SMILES string of the molecule is CCC(C)C(C(=O)NC(C(=O)O)C1CC1)c1ccccc1. The van der Waals surface area contributed by atoms with Crippen LogP contribution in [0.5, 0.6) is 0 Å². The molecule has 0 saturated heterocycles. The number of aliphatic carboxylic acids is 1. The van der Waals surface area contributed by atoms with Crippen molar-refractivity contribution in [2.24, 2.45) is 11.8 Å². The molecule has 4 nitrogen and oxygen atoms in total. The number of benzene rings is 1. The van der Waals surface area contributed by atoms with Crippen LogP contribution in [0.3, 0.4) is 0 Å². The molecule has 1 saturated carbocycles. The molecule has 1 fully saturated rings. The van der Waals surface area contributed by atoms with Crippen LogP contribution in [0.15, 0.2) is 30.3 Å². The van der Waals surface area contributed by atoms with E-state index >= 15 is 0 Å². The Kier molecular flexibility index (Phi) is 4.99. The van der Waals surface area contributed by atoms with E-state index in [1.807, 2.05) is 44.2 Å². The highest BCUT2D eigenvalue weighted by atomic mass is 16.4. The number of rotatable bonds is 7. The van der Waals surface area contributed by atoms with Crippen molar-refractivity contribution >= 4 is 11.9 Å². The molecule has 3 atom stereocenters. The van der Waals surface area contributed by atoms with Gasteiger partial charge in [0, 0.05) is 0 Å². The van der Waals surface area contributed by atoms with Crippen LogP contribution in [-0.4, -0.2) is 23.0 Å². The number of carbonyl (C=O) groups excluding carboxylic acids is 1. The Balaban J connectivity index is 2.16. The van der Waals surface area contributed by atoms with Gasteiger partial charge < -0.3 is 10.4 Å². The van der Waals surface area contributed by atoms with E-state index in [4.69, 9.17) is 0 Å². The molecule has 0 radical (unpaired) electrons. The average molecular weight is 289 g/mol. The second kappa shape index (κ2) is 6.74. The number of carboxylic acids is 1. The first kappa shape index (κ1) is 15.5. The number of hydrogen-bond acceptors (Lipinski definition) is 2. The highest BCUT2D eigenvalue weighted by molar-refractivity contribution is 5.88. The van der Waals surface area contributed by atoms with Crippen LogP contribution < -0.4 is 5.32 Å². The summed E-state index contributed by atoms with van der Waals surface area (Å²) >= 11 is 0. The van der Waals surface area contributed by atoms with Gasteiger partial charge in [-0.25, -0.2) is 4.79 Å². The first-order valence-electron chi connectivity index (χ1n) is 7.62. The van der Waals surface area contributed by atoms with E-state index in [-0.39, 0.29) is 23.7 Å². The zero-order valence-electron chi connectivity index (χ0n) is 12.6. The van der Waals surface area contributed by atoms with Crippen molar-refractivity contribution in [3.8, 4) is 0 Å². The van der Waals surface area contributed by atoms with Crippen molar-refractivity contribution in [2.75, 3.05) is 0 Å². The maximum absolute atomic E-state index is 12.6. The third kappa shape index (κ3) is 3.84. The molecule has 4 heteroatoms. The fourth-order valence-corrected chi connectivity index (χ4v) is 2.69. The minimum absolute atomic E-state index is 0.0970. The van der Waals surface area contributed by atoms with Crippen LogP contribution in [0.2, 0.25) is 0 Å². The Morgan fingerprint density at radius 1 is 1.29 bits per heavy atom. The normalized spacial score (nSPS) is 18.6. The lowest BCUT2D eigenvalue weighted by molar-refractivity contribution is -0.142. The van der Waals surface area contributed by atoms with Gasteiger partial charge in [-0.2, -0.15) is 0 Å². The van der Waals surface area contributed by atoms with Gasteiger partial charge >= 0.3 is 5.97 Å². The largest absolute Gasteiger partial charge is 0.480 e. The summed E-state index contributed by atoms with van der Waals surface area (Å²) in [4.78, 5) is 23.9. The number of hydrogen-bond donors (Lipinski definition) is 2. The lowest BCUT2D eigenvalue weighted by atomic mass is 9.84. The number of carbonyl (C=O) groups is 2. The van der Waals surface area contributed by atoms with E-state index < -0.39 is 12.0 Å². The summed E-state index contributed by atoms with van der Waals surface area (Å²) < 4.78 is 0. The predicted octanol–water partition coefficient (Wildman–Crippen LogP) is 2.80. The molecule has 0 bridgehead atoms. The molecular weight excluding hydrogens is 266 g/mol. The second-order valence-electron chi connectivity index (χ2n) is 5.94. The smallest absolute Gasteiger partial charge is 0.326 e. The van der Waals surface area contributed by atoms with E-state index in [0.29, 0.717) is 0 Å². The van der Waals surface area contributed by atoms with Gasteiger partial charge in [0.15, 0.2) is 0 Å². The molecule has 1 aliphatic rings. The van der Waals surface area contributed by atoms with Gasteiger partial charge in [-0.15, -0.1) is 0 Å². The van der Waals surface area contributed by atoms with Crippen molar-refractivity contribution in [1.29, 1.82) is 0 Å². The van der Waals surface area contributed by atoms with Gasteiger partial charge in [0.1, 0.15) is 6.04 Å². The fraction of sp³-hybridized carbons (Fsp3) is 0.529. The van der Waals surface area contributed by atoms with E-state index in [9.17, 15) is 14.7 Å². The van der Waals surface area contributed by atoms with E-state index in [1.165, 1.54) is 0 Å². The highest BCUT2D eigenvalue weighted by Gasteiger charge is 2.39. The van der Waals surface area contributed by atoms with Gasteiger partial charge in [-0.1, -0.05) is 50.6 Å². The Morgan fingerprint density at radius 3 is 2.38 bits per heavy atom. The van der Waals surface area contributed by atoms with Gasteiger partial charge in [-0.05, 0) is 30.2 Å². The first-order chi connectivity index (χ1) is 10.0. The second-order valence-corrected chi connectivity index (χ2v) is 5.94. The molecule has 1 aromatic carbocycles. The van der Waals surface area contributed by atoms with Crippen LogP contribution in [0.4, 0.5) is 0 Å². The van der Waals surface area contributed by atoms with Crippen LogP contribution in [0.1, 0.15) is 44.6 Å². The standard InChI is InChI=1S/C17H23NO3/c1-3-11(2)14(12-7-5-4-6-8-12)16(19)18-15(17(20)21)13-9-10-13/h4-8,11,13-15H,3,9-10H2,1-2H3,(H,18,19)(H,20,21). The lowest BCUT2D eigenvalue weighted by Gasteiger charge is -2.25. The van der Waals surface area contributed by atoms with Gasteiger partial charge in [-0.3, -0.25) is 4.79 Å². The van der Waals surface area contributed by atoms with Gasteiger partial charge in [0.25, 0.3) is 0 Å². The molecule has 1 aromatic rings. The van der Waals surface area contributed by atoms with Gasteiger partial charge in [0.05, 0.1) is 5.92 Å².